The largest absolute Gasteiger partial charge is 0.416 e. The summed E-state index contributed by atoms with van der Waals surface area (Å²) in [5, 5.41) is 2.64. The molecule has 1 amide bonds. The number of rotatable bonds is 2. The normalized spacial score (nSPS) is 11.4. The van der Waals surface area contributed by atoms with E-state index >= 15 is 0 Å². The van der Waals surface area contributed by atoms with Gasteiger partial charge in [0, 0.05) is 16.0 Å². The summed E-state index contributed by atoms with van der Waals surface area (Å²) in [4.78, 5) is 15.9. The van der Waals surface area contributed by atoms with E-state index in [1.807, 2.05) is 0 Å². The minimum Gasteiger partial charge on any atom is -0.297 e. The molecule has 0 bridgehead atoms. The van der Waals surface area contributed by atoms with Crippen LogP contribution < -0.4 is 5.32 Å². The summed E-state index contributed by atoms with van der Waals surface area (Å²) in [7, 11) is 0. The molecular weight excluding hydrogens is 359 g/mol. The maximum atomic E-state index is 12.6. The van der Waals surface area contributed by atoms with Crippen LogP contribution in [0.1, 0.15) is 21.7 Å². The predicted molar refractivity (Wildman–Crippen MR) is 71.7 cm³/mol. The number of nitrogens with one attached hydrogen (secondary N) is 1. The van der Waals surface area contributed by atoms with E-state index in [0.717, 1.165) is 23.7 Å². The van der Waals surface area contributed by atoms with Gasteiger partial charge in [0.2, 0.25) is 5.13 Å². The summed E-state index contributed by atoms with van der Waals surface area (Å²) in [5.74, 6) is -0.201. The molecule has 1 N–H and O–H groups in total. The zero-order chi connectivity index (χ0) is 14.9. The van der Waals surface area contributed by atoms with Crippen molar-refractivity contribution in [2.75, 3.05) is 5.32 Å². The lowest BCUT2D eigenvalue weighted by Gasteiger charge is -2.10. The van der Waals surface area contributed by atoms with Gasteiger partial charge in [-0.25, -0.2) is 4.98 Å². The van der Waals surface area contributed by atoms with E-state index in [0.29, 0.717) is 5.82 Å². The molecule has 0 saturated heterocycles. The van der Waals surface area contributed by atoms with Crippen LogP contribution in [0.3, 0.4) is 0 Å². The highest BCUT2D eigenvalue weighted by Gasteiger charge is 2.31. The van der Waals surface area contributed by atoms with Gasteiger partial charge in [0.05, 0.1) is 11.1 Å². The fourth-order valence-electron chi connectivity index (χ4n) is 1.39. The fourth-order valence-corrected chi connectivity index (χ4v) is 2.39. The standard InChI is InChI=1S/C11H7BrF3N3OS/c1-5-16-10(20-18-5)17-9(19)7-4-6(11(13,14)15)2-3-8(7)12/h2-4H,1H3,(H,16,17,18,19). The van der Waals surface area contributed by atoms with Gasteiger partial charge in [-0.15, -0.1) is 0 Å². The van der Waals surface area contributed by atoms with Gasteiger partial charge in [0.1, 0.15) is 5.82 Å². The monoisotopic (exact) mass is 365 g/mol. The molecule has 2 aromatic rings. The predicted octanol–water partition coefficient (Wildman–Crippen LogP) is 3.88. The lowest BCUT2D eigenvalue weighted by atomic mass is 10.1. The number of hydrogen-bond acceptors (Lipinski definition) is 4. The Morgan fingerprint density at radius 3 is 2.65 bits per heavy atom. The maximum absolute atomic E-state index is 12.6. The topological polar surface area (TPSA) is 54.9 Å². The molecule has 2 rings (SSSR count). The molecule has 0 aliphatic carbocycles. The molecule has 9 heteroatoms. The van der Waals surface area contributed by atoms with Crippen molar-refractivity contribution in [3.05, 3.63) is 39.6 Å². The SMILES string of the molecule is Cc1nsc(NC(=O)c2cc(C(F)(F)F)ccc2Br)n1. The second-order valence-electron chi connectivity index (χ2n) is 3.79. The number of carbonyl (C=O) groups is 1. The molecule has 0 spiro atoms. The summed E-state index contributed by atoms with van der Waals surface area (Å²) in [6, 6.07) is 2.87. The highest BCUT2D eigenvalue weighted by atomic mass is 79.9. The second-order valence-corrected chi connectivity index (χ2v) is 5.40. The zero-order valence-electron chi connectivity index (χ0n) is 9.95. The molecule has 0 fully saturated rings. The van der Waals surface area contributed by atoms with Gasteiger partial charge >= 0.3 is 6.18 Å². The number of amides is 1. The molecule has 0 aliphatic heterocycles. The van der Waals surface area contributed by atoms with Gasteiger partial charge in [0.15, 0.2) is 0 Å². The van der Waals surface area contributed by atoms with Crippen molar-refractivity contribution in [2.45, 2.75) is 13.1 Å². The van der Waals surface area contributed by atoms with Crippen LogP contribution in [0.25, 0.3) is 0 Å². The van der Waals surface area contributed by atoms with Crippen molar-refractivity contribution in [3.63, 3.8) is 0 Å². The number of nitrogens with zero attached hydrogens (tertiary/aromatic N) is 2. The number of hydrogen-bond donors (Lipinski definition) is 1. The summed E-state index contributed by atoms with van der Waals surface area (Å²) < 4.78 is 42.0. The number of carbonyl (C=O) groups excluding carboxylic acids is 1. The Bertz CT molecular complexity index is 657. The van der Waals surface area contributed by atoms with Crippen LogP contribution in [-0.4, -0.2) is 15.3 Å². The molecular formula is C11H7BrF3N3OS. The molecule has 4 nitrogen and oxygen atoms in total. The first-order valence-corrected chi connectivity index (χ1v) is 6.82. The van der Waals surface area contributed by atoms with Crippen LogP contribution in [0, 0.1) is 6.92 Å². The number of anilines is 1. The third-order valence-electron chi connectivity index (χ3n) is 2.29. The van der Waals surface area contributed by atoms with Crippen molar-refractivity contribution in [2.24, 2.45) is 0 Å². The van der Waals surface area contributed by atoms with E-state index < -0.39 is 17.6 Å². The summed E-state index contributed by atoms with van der Waals surface area (Å²) in [5.41, 5.74) is -1.01. The van der Waals surface area contributed by atoms with Crippen LogP contribution >= 0.6 is 27.5 Å². The molecule has 1 aromatic heterocycles. The number of aromatic nitrogens is 2. The summed E-state index contributed by atoms with van der Waals surface area (Å²) in [6.07, 6.45) is -4.50. The maximum Gasteiger partial charge on any atom is 0.416 e. The van der Waals surface area contributed by atoms with E-state index in [2.05, 4.69) is 30.6 Å². The van der Waals surface area contributed by atoms with Crippen LogP contribution in [0.2, 0.25) is 0 Å². The van der Waals surface area contributed by atoms with Crippen molar-refractivity contribution in [3.8, 4) is 0 Å². The van der Waals surface area contributed by atoms with Crippen molar-refractivity contribution in [1.82, 2.24) is 9.36 Å². The van der Waals surface area contributed by atoms with Gasteiger partial charge in [0.25, 0.3) is 5.91 Å². The van der Waals surface area contributed by atoms with E-state index in [1.54, 1.807) is 6.92 Å². The quantitative estimate of drug-likeness (QED) is 0.878. The Labute approximate surface area is 124 Å². The number of halogens is 4. The average Bonchev–Trinajstić information content (AvgIpc) is 2.73. The van der Waals surface area contributed by atoms with Crippen molar-refractivity contribution in [1.29, 1.82) is 0 Å². The number of aryl methyl sites for hydroxylation is 1. The smallest absolute Gasteiger partial charge is 0.297 e. The minimum atomic E-state index is -4.50. The Kier molecular flexibility index (Phi) is 4.09. The molecule has 106 valence electrons. The molecule has 0 saturated carbocycles. The van der Waals surface area contributed by atoms with E-state index in [1.165, 1.54) is 6.07 Å². The van der Waals surface area contributed by atoms with Gasteiger partial charge < -0.3 is 0 Å². The molecule has 1 aromatic carbocycles. The third-order valence-corrected chi connectivity index (χ3v) is 3.70. The highest BCUT2D eigenvalue weighted by molar-refractivity contribution is 9.10. The lowest BCUT2D eigenvalue weighted by Crippen LogP contribution is -2.14. The van der Waals surface area contributed by atoms with E-state index in [4.69, 9.17) is 0 Å². The lowest BCUT2D eigenvalue weighted by molar-refractivity contribution is -0.137. The first-order chi connectivity index (χ1) is 9.27. The van der Waals surface area contributed by atoms with Crippen LogP contribution in [0.5, 0.6) is 0 Å². The van der Waals surface area contributed by atoms with Gasteiger partial charge in [-0.05, 0) is 41.1 Å². The Morgan fingerprint density at radius 2 is 2.10 bits per heavy atom. The van der Waals surface area contributed by atoms with E-state index in [-0.39, 0.29) is 15.2 Å². The Morgan fingerprint density at radius 1 is 1.40 bits per heavy atom. The molecule has 20 heavy (non-hydrogen) atoms. The first-order valence-electron chi connectivity index (χ1n) is 5.26. The highest BCUT2D eigenvalue weighted by Crippen LogP contribution is 2.32. The average molecular weight is 366 g/mol. The zero-order valence-corrected chi connectivity index (χ0v) is 12.4. The fraction of sp³-hybridized carbons (Fsp3) is 0.182. The second kappa shape index (κ2) is 5.49. The van der Waals surface area contributed by atoms with Crippen LogP contribution in [-0.2, 0) is 6.18 Å². The minimum absolute atomic E-state index is 0.118. The molecule has 0 unspecified atom stereocenters. The van der Waals surface area contributed by atoms with Crippen LogP contribution in [0.15, 0.2) is 22.7 Å². The summed E-state index contributed by atoms with van der Waals surface area (Å²) in [6.45, 7) is 1.65. The van der Waals surface area contributed by atoms with Gasteiger partial charge in [-0.1, -0.05) is 0 Å². The molecule has 0 aliphatic rings. The molecule has 0 atom stereocenters. The van der Waals surface area contributed by atoms with Gasteiger partial charge in [-0.2, -0.15) is 17.5 Å². The molecule has 1 heterocycles. The molecule has 0 radical (unpaired) electrons. The number of benzene rings is 1. The Balaban J connectivity index is 2.29. The number of alkyl halides is 3. The van der Waals surface area contributed by atoms with E-state index in [9.17, 15) is 18.0 Å². The Hall–Kier alpha value is -1.48. The van der Waals surface area contributed by atoms with Crippen molar-refractivity contribution >= 4 is 38.5 Å². The summed E-state index contributed by atoms with van der Waals surface area (Å²) >= 11 is 4.01. The van der Waals surface area contributed by atoms with Crippen LogP contribution in [0.4, 0.5) is 18.3 Å². The first kappa shape index (κ1) is 14.9. The van der Waals surface area contributed by atoms with Gasteiger partial charge in [-0.3, -0.25) is 10.1 Å². The van der Waals surface area contributed by atoms with Crippen molar-refractivity contribution < 1.29 is 18.0 Å². The third kappa shape index (κ3) is 3.34.